The number of hydrogen-bond donors (Lipinski definition) is 1. The molecule has 1 aromatic heterocycles. The molecule has 0 spiro atoms. The normalized spacial score (nSPS) is 15.2. The minimum atomic E-state index is 0.625. The third-order valence-electron chi connectivity index (χ3n) is 3.08. The van der Waals surface area contributed by atoms with Crippen LogP contribution >= 0.6 is 11.6 Å². The Morgan fingerprint density at radius 3 is 2.72 bits per heavy atom. The number of nitrogens with zero attached hydrogens (tertiary/aromatic N) is 2. The van der Waals surface area contributed by atoms with E-state index >= 15 is 0 Å². The Bertz CT molecular complexity index is 402. The van der Waals surface area contributed by atoms with Crippen LogP contribution in [0.25, 0.3) is 0 Å². The van der Waals surface area contributed by atoms with E-state index in [9.17, 15) is 0 Å². The van der Waals surface area contributed by atoms with Crippen molar-refractivity contribution in [3.05, 3.63) is 22.8 Å². The first-order valence-corrected chi connectivity index (χ1v) is 7.05. The molecule has 0 atom stereocenters. The van der Waals surface area contributed by atoms with Gasteiger partial charge in [0.1, 0.15) is 5.82 Å². The van der Waals surface area contributed by atoms with E-state index in [4.69, 9.17) is 11.6 Å². The Balaban J connectivity index is 2.19. The van der Waals surface area contributed by atoms with Gasteiger partial charge in [0.05, 0.1) is 5.02 Å². The Hall–Kier alpha value is -0.800. The van der Waals surface area contributed by atoms with Crippen LogP contribution < -0.4 is 10.2 Å². The maximum absolute atomic E-state index is 6.38. The molecule has 1 fully saturated rings. The summed E-state index contributed by atoms with van der Waals surface area (Å²) < 4.78 is 0. The van der Waals surface area contributed by atoms with Crippen LogP contribution in [0.2, 0.25) is 5.02 Å². The quantitative estimate of drug-likeness (QED) is 0.859. The van der Waals surface area contributed by atoms with Crippen LogP contribution in [0.15, 0.2) is 12.3 Å². The molecule has 2 rings (SSSR count). The zero-order valence-corrected chi connectivity index (χ0v) is 12.2. The van der Waals surface area contributed by atoms with Crippen LogP contribution in [0.5, 0.6) is 0 Å². The second-order valence-electron chi connectivity index (χ2n) is 5.46. The largest absolute Gasteiger partial charge is 0.352 e. The number of rotatable bonds is 6. The van der Waals surface area contributed by atoms with Gasteiger partial charge in [0.15, 0.2) is 0 Å². The summed E-state index contributed by atoms with van der Waals surface area (Å²) in [5, 5.41) is 3.89. The van der Waals surface area contributed by atoms with Gasteiger partial charge in [-0.25, -0.2) is 4.98 Å². The fourth-order valence-electron chi connectivity index (χ4n) is 2.17. The molecular formula is C14H22ClN3. The molecule has 0 aromatic carbocycles. The Labute approximate surface area is 115 Å². The van der Waals surface area contributed by atoms with E-state index in [2.05, 4.69) is 29.0 Å². The molecule has 1 aliphatic rings. The highest BCUT2D eigenvalue weighted by Gasteiger charge is 2.31. The lowest BCUT2D eigenvalue weighted by Crippen LogP contribution is -2.30. The van der Waals surface area contributed by atoms with Gasteiger partial charge in [-0.3, -0.25) is 0 Å². The van der Waals surface area contributed by atoms with Crippen molar-refractivity contribution in [2.45, 2.75) is 39.3 Å². The van der Waals surface area contributed by atoms with Crippen LogP contribution in [0.3, 0.4) is 0 Å². The average molecular weight is 268 g/mol. The predicted molar refractivity (Wildman–Crippen MR) is 77.2 cm³/mol. The van der Waals surface area contributed by atoms with Crippen LogP contribution in [-0.2, 0) is 6.54 Å². The van der Waals surface area contributed by atoms with Crippen LogP contribution in [0.4, 0.5) is 5.82 Å². The molecule has 0 amide bonds. The molecule has 0 saturated heterocycles. The molecule has 0 unspecified atom stereocenters. The lowest BCUT2D eigenvalue weighted by Gasteiger charge is -2.26. The Kier molecular flexibility index (Phi) is 4.46. The summed E-state index contributed by atoms with van der Waals surface area (Å²) >= 11 is 6.38. The second-order valence-corrected chi connectivity index (χ2v) is 5.86. The third-order valence-corrected chi connectivity index (χ3v) is 3.36. The van der Waals surface area contributed by atoms with Crippen molar-refractivity contribution >= 4 is 17.4 Å². The lowest BCUT2D eigenvalue weighted by atomic mass is 10.2. The summed E-state index contributed by atoms with van der Waals surface area (Å²) in [5.74, 6) is 1.58. The highest BCUT2D eigenvalue weighted by Crippen LogP contribution is 2.35. The highest BCUT2D eigenvalue weighted by molar-refractivity contribution is 6.33. The van der Waals surface area contributed by atoms with Crippen molar-refractivity contribution in [1.82, 2.24) is 10.3 Å². The van der Waals surface area contributed by atoms with Crippen LogP contribution in [0.1, 0.15) is 32.3 Å². The molecule has 1 aromatic rings. The van der Waals surface area contributed by atoms with Gasteiger partial charge in [-0.15, -0.1) is 0 Å². The zero-order chi connectivity index (χ0) is 13.1. The first-order valence-electron chi connectivity index (χ1n) is 6.67. The van der Waals surface area contributed by atoms with E-state index in [-0.39, 0.29) is 0 Å². The van der Waals surface area contributed by atoms with Gasteiger partial charge >= 0.3 is 0 Å². The van der Waals surface area contributed by atoms with E-state index < -0.39 is 0 Å². The molecular weight excluding hydrogens is 246 g/mol. The fourth-order valence-corrected chi connectivity index (χ4v) is 2.47. The summed E-state index contributed by atoms with van der Waals surface area (Å²) in [5.41, 5.74) is 1.13. The predicted octanol–water partition coefficient (Wildman–Crippen LogP) is 3.08. The standard InChI is InChI=1S/C14H22ClN3/c1-10(2)9-18(12-4-5-12)14-13(15)6-11(7-16-3)8-17-14/h6,8,10,12,16H,4-5,7,9H2,1-3H3. The number of nitrogens with one attached hydrogen (secondary N) is 1. The molecule has 1 aliphatic carbocycles. The van der Waals surface area contributed by atoms with Crippen molar-refractivity contribution in [3.63, 3.8) is 0 Å². The van der Waals surface area contributed by atoms with Crippen molar-refractivity contribution < 1.29 is 0 Å². The summed E-state index contributed by atoms with van der Waals surface area (Å²) in [6.45, 7) is 6.31. The van der Waals surface area contributed by atoms with Gasteiger partial charge in [-0.2, -0.15) is 0 Å². The number of pyridine rings is 1. The van der Waals surface area contributed by atoms with Crippen LogP contribution in [0, 0.1) is 5.92 Å². The van der Waals surface area contributed by atoms with Gasteiger partial charge in [-0.1, -0.05) is 25.4 Å². The molecule has 4 heteroatoms. The zero-order valence-electron chi connectivity index (χ0n) is 11.4. The monoisotopic (exact) mass is 267 g/mol. The van der Waals surface area contributed by atoms with E-state index in [1.807, 2.05) is 19.3 Å². The highest BCUT2D eigenvalue weighted by atomic mass is 35.5. The minimum absolute atomic E-state index is 0.625. The molecule has 1 N–H and O–H groups in total. The first kappa shape index (κ1) is 13.6. The number of hydrogen-bond acceptors (Lipinski definition) is 3. The molecule has 1 heterocycles. The van der Waals surface area contributed by atoms with Crippen molar-refractivity contribution in [2.24, 2.45) is 5.92 Å². The molecule has 0 aliphatic heterocycles. The van der Waals surface area contributed by atoms with Crippen molar-refractivity contribution in [1.29, 1.82) is 0 Å². The smallest absolute Gasteiger partial charge is 0.147 e. The summed E-state index contributed by atoms with van der Waals surface area (Å²) in [7, 11) is 1.93. The van der Waals surface area contributed by atoms with Gasteiger partial charge in [0, 0.05) is 25.3 Å². The lowest BCUT2D eigenvalue weighted by molar-refractivity contribution is 0.602. The Morgan fingerprint density at radius 2 is 2.22 bits per heavy atom. The molecule has 100 valence electrons. The maximum atomic E-state index is 6.38. The number of anilines is 1. The van der Waals surface area contributed by atoms with E-state index in [1.165, 1.54) is 12.8 Å². The van der Waals surface area contributed by atoms with E-state index in [0.717, 1.165) is 29.5 Å². The molecule has 3 nitrogen and oxygen atoms in total. The van der Waals surface area contributed by atoms with Crippen molar-refractivity contribution in [2.75, 3.05) is 18.5 Å². The molecule has 18 heavy (non-hydrogen) atoms. The Morgan fingerprint density at radius 1 is 1.50 bits per heavy atom. The third kappa shape index (κ3) is 3.36. The number of halogens is 1. The first-order chi connectivity index (χ1) is 8.61. The maximum Gasteiger partial charge on any atom is 0.147 e. The van der Waals surface area contributed by atoms with Crippen molar-refractivity contribution in [3.8, 4) is 0 Å². The van der Waals surface area contributed by atoms with Crippen LogP contribution in [-0.4, -0.2) is 24.6 Å². The molecule has 0 bridgehead atoms. The summed E-state index contributed by atoms with van der Waals surface area (Å²) in [6, 6.07) is 2.67. The van der Waals surface area contributed by atoms with E-state index in [1.54, 1.807) is 0 Å². The summed E-state index contributed by atoms with van der Waals surface area (Å²) in [4.78, 5) is 6.94. The number of aromatic nitrogens is 1. The molecule has 0 radical (unpaired) electrons. The topological polar surface area (TPSA) is 28.2 Å². The van der Waals surface area contributed by atoms with Gasteiger partial charge in [0.25, 0.3) is 0 Å². The fraction of sp³-hybridized carbons (Fsp3) is 0.643. The SMILES string of the molecule is CNCc1cnc(N(CC(C)C)C2CC2)c(Cl)c1. The average Bonchev–Trinajstić information content (AvgIpc) is 3.10. The van der Waals surface area contributed by atoms with E-state index in [0.29, 0.717) is 12.0 Å². The molecule has 1 saturated carbocycles. The second kappa shape index (κ2) is 5.89. The van der Waals surface area contributed by atoms with Gasteiger partial charge in [0.2, 0.25) is 0 Å². The summed E-state index contributed by atoms with van der Waals surface area (Å²) in [6.07, 6.45) is 4.46. The van der Waals surface area contributed by atoms with Gasteiger partial charge < -0.3 is 10.2 Å². The minimum Gasteiger partial charge on any atom is -0.352 e. The van der Waals surface area contributed by atoms with Gasteiger partial charge in [-0.05, 0) is 37.4 Å².